The van der Waals surface area contributed by atoms with Crippen molar-refractivity contribution in [1.29, 1.82) is 5.26 Å². The molecular weight excluding hydrogens is 322 g/mol. The van der Waals surface area contributed by atoms with Crippen molar-refractivity contribution in [2.24, 2.45) is 0 Å². The van der Waals surface area contributed by atoms with E-state index in [-0.39, 0.29) is 11.9 Å². The number of hydrogen-bond acceptors (Lipinski definition) is 6. The molecule has 0 aliphatic carbocycles. The SMILES string of the molecule is CC(C)c1nc(CCNC(=O)N2CCCn3nc(C#N)cc3C2)no1. The van der Waals surface area contributed by atoms with Crippen LogP contribution >= 0.6 is 0 Å². The van der Waals surface area contributed by atoms with Gasteiger partial charge in [0, 0.05) is 32.0 Å². The summed E-state index contributed by atoms with van der Waals surface area (Å²) in [5, 5.41) is 20.0. The molecule has 0 radical (unpaired) electrons. The van der Waals surface area contributed by atoms with Gasteiger partial charge in [0.05, 0.1) is 12.2 Å². The van der Waals surface area contributed by atoms with Crippen LogP contribution in [0.5, 0.6) is 0 Å². The Morgan fingerprint density at radius 3 is 3.04 bits per heavy atom. The largest absolute Gasteiger partial charge is 0.339 e. The number of aromatic nitrogens is 4. The molecule has 0 saturated heterocycles. The molecule has 1 aliphatic heterocycles. The number of aryl methyl sites for hydroxylation is 1. The third-order valence-corrected chi connectivity index (χ3v) is 4.02. The zero-order chi connectivity index (χ0) is 17.8. The van der Waals surface area contributed by atoms with Crippen LogP contribution in [-0.4, -0.2) is 43.9 Å². The van der Waals surface area contributed by atoms with E-state index in [0.717, 1.165) is 12.1 Å². The van der Waals surface area contributed by atoms with E-state index >= 15 is 0 Å². The van der Waals surface area contributed by atoms with Crippen molar-refractivity contribution in [3.63, 3.8) is 0 Å². The molecule has 0 atom stereocenters. The first-order valence-corrected chi connectivity index (χ1v) is 8.39. The van der Waals surface area contributed by atoms with Gasteiger partial charge in [-0.1, -0.05) is 19.0 Å². The van der Waals surface area contributed by atoms with Crippen LogP contribution in [0.2, 0.25) is 0 Å². The molecule has 1 N–H and O–H groups in total. The maximum absolute atomic E-state index is 12.4. The molecule has 2 aromatic heterocycles. The fourth-order valence-electron chi connectivity index (χ4n) is 2.69. The van der Waals surface area contributed by atoms with Crippen molar-refractivity contribution in [2.75, 3.05) is 13.1 Å². The zero-order valence-electron chi connectivity index (χ0n) is 14.4. The van der Waals surface area contributed by atoms with Gasteiger partial charge < -0.3 is 14.7 Å². The number of amides is 2. The molecule has 3 rings (SSSR count). The number of nitrogens with one attached hydrogen (secondary N) is 1. The minimum absolute atomic E-state index is 0.138. The van der Waals surface area contributed by atoms with E-state index in [1.54, 1.807) is 15.6 Å². The lowest BCUT2D eigenvalue weighted by atomic mass is 10.2. The molecule has 0 bridgehead atoms. The van der Waals surface area contributed by atoms with E-state index in [2.05, 4.69) is 20.6 Å². The summed E-state index contributed by atoms with van der Waals surface area (Å²) < 4.78 is 6.95. The van der Waals surface area contributed by atoms with Gasteiger partial charge in [0.1, 0.15) is 6.07 Å². The highest BCUT2D eigenvalue weighted by molar-refractivity contribution is 5.74. The van der Waals surface area contributed by atoms with E-state index in [9.17, 15) is 4.79 Å². The van der Waals surface area contributed by atoms with Crippen molar-refractivity contribution in [2.45, 2.75) is 45.7 Å². The monoisotopic (exact) mass is 343 g/mol. The summed E-state index contributed by atoms with van der Waals surface area (Å²) in [6.45, 7) is 6.22. The van der Waals surface area contributed by atoms with Crippen molar-refractivity contribution >= 4 is 6.03 Å². The highest BCUT2D eigenvalue weighted by atomic mass is 16.5. The van der Waals surface area contributed by atoms with Gasteiger partial charge in [-0.2, -0.15) is 15.3 Å². The number of carbonyl (C=O) groups is 1. The minimum Gasteiger partial charge on any atom is -0.339 e. The summed E-state index contributed by atoms with van der Waals surface area (Å²) in [6.07, 6.45) is 1.32. The van der Waals surface area contributed by atoms with Gasteiger partial charge in [0.25, 0.3) is 0 Å². The number of carbonyl (C=O) groups excluding carboxylic acids is 1. The van der Waals surface area contributed by atoms with Gasteiger partial charge in [0.15, 0.2) is 11.5 Å². The molecule has 1 aliphatic rings. The van der Waals surface area contributed by atoms with E-state index in [1.807, 2.05) is 19.9 Å². The third kappa shape index (κ3) is 3.96. The van der Waals surface area contributed by atoms with Crippen LogP contribution in [0.4, 0.5) is 4.79 Å². The van der Waals surface area contributed by atoms with E-state index in [1.165, 1.54) is 0 Å². The predicted octanol–water partition coefficient (Wildman–Crippen LogP) is 1.42. The third-order valence-electron chi connectivity index (χ3n) is 4.02. The quantitative estimate of drug-likeness (QED) is 0.898. The van der Waals surface area contributed by atoms with Gasteiger partial charge in [-0.15, -0.1) is 0 Å². The van der Waals surface area contributed by atoms with E-state index in [4.69, 9.17) is 9.78 Å². The Labute approximate surface area is 145 Å². The second-order valence-corrected chi connectivity index (χ2v) is 6.32. The maximum atomic E-state index is 12.4. The van der Waals surface area contributed by atoms with E-state index in [0.29, 0.717) is 50.0 Å². The lowest BCUT2D eigenvalue weighted by Crippen LogP contribution is -2.40. The number of fused-ring (bicyclic) bond motifs is 1. The predicted molar refractivity (Wildman–Crippen MR) is 87.5 cm³/mol. The van der Waals surface area contributed by atoms with E-state index < -0.39 is 0 Å². The number of nitrogens with zero attached hydrogens (tertiary/aromatic N) is 6. The molecule has 2 aromatic rings. The molecule has 0 spiro atoms. The molecule has 9 nitrogen and oxygen atoms in total. The second-order valence-electron chi connectivity index (χ2n) is 6.32. The average molecular weight is 343 g/mol. The Kier molecular flexibility index (Phi) is 4.97. The molecule has 9 heteroatoms. The highest BCUT2D eigenvalue weighted by Crippen LogP contribution is 2.14. The fourth-order valence-corrected chi connectivity index (χ4v) is 2.69. The van der Waals surface area contributed by atoms with Crippen LogP contribution in [0.15, 0.2) is 10.6 Å². The van der Waals surface area contributed by atoms with Gasteiger partial charge >= 0.3 is 6.03 Å². The maximum Gasteiger partial charge on any atom is 0.317 e. The highest BCUT2D eigenvalue weighted by Gasteiger charge is 2.20. The topological polar surface area (TPSA) is 113 Å². The van der Waals surface area contributed by atoms with Crippen molar-refractivity contribution in [1.82, 2.24) is 30.1 Å². The van der Waals surface area contributed by atoms with Crippen LogP contribution in [-0.2, 0) is 19.5 Å². The van der Waals surface area contributed by atoms with Crippen molar-refractivity contribution < 1.29 is 9.32 Å². The lowest BCUT2D eigenvalue weighted by Gasteiger charge is -2.20. The van der Waals surface area contributed by atoms with Gasteiger partial charge in [-0.3, -0.25) is 4.68 Å². The first-order chi connectivity index (χ1) is 12.1. The molecule has 0 unspecified atom stereocenters. The lowest BCUT2D eigenvalue weighted by molar-refractivity contribution is 0.196. The summed E-state index contributed by atoms with van der Waals surface area (Å²) in [5.74, 6) is 1.39. The Morgan fingerprint density at radius 2 is 2.32 bits per heavy atom. The second kappa shape index (κ2) is 7.34. The number of hydrogen-bond donors (Lipinski definition) is 1. The summed E-state index contributed by atoms with van der Waals surface area (Å²) in [5.41, 5.74) is 1.26. The van der Waals surface area contributed by atoms with Crippen LogP contribution in [0.1, 0.15) is 49.3 Å². The summed E-state index contributed by atoms with van der Waals surface area (Å²) >= 11 is 0. The normalized spacial score (nSPS) is 14.1. The number of rotatable bonds is 4. The Hall–Kier alpha value is -2.89. The minimum atomic E-state index is -0.138. The van der Waals surface area contributed by atoms with Gasteiger partial charge in [-0.05, 0) is 12.5 Å². The Bertz CT molecular complexity index is 787. The fraction of sp³-hybridized carbons (Fsp3) is 0.562. The summed E-state index contributed by atoms with van der Waals surface area (Å²) in [6, 6.07) is 3.63. The van der Waals surface area contributed by atoms with Crippen LogP contribution in [0.3, 0.4) is 0 Å². The molecule has 0 aromatic carbocycles. The summed E-state index contributed by atoms with van der Waals surface area (Å²) in [7, 11) is 0. The number of nitriles is 1. The first kappa shape index (κ1) is 17.0. The zero-order valence-corrected chi connectivity index (χ0v) is 14.4. The van der Waals surface area contributed by atoms with Crippen LogP contribution in [0.25, 0.3) is 0 Å². The standard InChI is InChI=1S/C16H21N7O2/c1-11(2)15-19-14(21-25-15)4-5-18-16(24)22-6-3-7-23-13(10-22)8-12(9-17)20-23/h8,11H,3-7,10H2,1-2H3,(H,18,24). The average Bonchev–Trinajstić information content (AvgIpc) is 3.17. The van der Waals surface area contributed by atoms with Crippen molar-refractivity contribution in [3.8, 4) is 6.07 Å². The molecule has 0 fully saturated rings. The molecule has 132 valence electrons. The molecule has 0 saturated carbocycles. The van der Waals surface area contributed by atoms with Crippen molar-refractivity contribution in [3.05, 3.63) is 29.2 Å². The summed E-state index contributed by atoms with van der Waals surface area (Å²) in [4.78, 5) is 18.4. The molecule has 25 heavy (non-hydrogen) atoms. The van der Waals surface area contributed by atoms with Gasteiger partial charge in [-0.25, -0.2) is 4.79 Å². The Balaban J connectivity index is 1.53. The molecular formula is C16H21N7O2. The molecule has 2 amide bonds. The molecule has 3 heterocycles. The van der Waals surface area contributed by atoms with Crippen LogP contribution in [0, 0.1) is 11.3 Å². The number of urea groups is 1. The van der Waals surface area contributed by atoms with Crippen LogP contribution < -0.4 is 5.32 Å². The Morgan fingerprint density at radius 1 is 1.48 bits per heavy atom. The van der Waals surface area contributed by atoms with Gasteiger partial charge in [0.2, 0.25) is 5.89 Å². The first-order valence-electron chi connectivity index (χ1n) is 8.39. The smallest absolute Gasteiger partial charge is 0.317 e.